The van der Waals surface area contributed by atoms with Crippen molar-refractivity contribution in [2.24, 2.45) is 5.92 Å². The molecule has 1 aromatic carbocycles. The summed E-state index contributed by atoms with van der Waals surface area (Å²) in [6.45, 7) is 4.12. The van der Waals surface area contributed by atoms with Crippen LogP contribution < -0.4 is 5.32 Å². The summed E-state index contributed by atoms with van der Waals surface area (Å²) in [5.74, 6) is 0.759. The number of rotatable bonds is 1. The van der Waals surface area contributed by atoms with E-state index in [0.29, 0.717) is 18.0 Å². The molecule has 5 nitrogen and oxygen atoms in total. The first-order valence-electron chi connectivity index (χ1n) is 7.20. The molecule has 0 spiro atoms. The van der Waals surface area contributed by atoms with E-state index in [1.165, 1.54) is 0 Å². The lowest BCUT2D eigenvalue weighted by molar-refractivity contribution is 0.0682. The number of benzene rings is 1. The van der Waals surface area contributed by atoms with Crippen LogP contribution in [0.3, 0.4) is 0 Å². The molecule has 2 aromatic rings. The lowest BCUT2D eigenvalue weighted by Gasteiger charge is -2.27. The maximum absolute atomic E-state index is 12.8. The van der Waals surface area contributed by atoms with Crippen molar-refractivity contribution in [2.75, 3.05) is 13.1 Å². The number of hydrogen-bond donors (Lipinski definition) is 2. The zero-order valence-corrected chi connectivity index (χ0v) is 11.5. The van der Waals surface area contributed by atoms with Gasteiger partial charge in [-0.2, -0.15) is 0 Å². The molecule has 2 aliphatic rings. The molecule has 104 valence electrons. The smallest absolute Gasteiger partial charge is 0.254 e. The summed E-state index contributed by atoms with van der Waals surface area (Å²) in [5.41, 5.74) is 2.57. The maximum atomic E-state index is 12.8. The van der Waals surface area contributed by atoms with Crippen LogP contribution in [0.4, 0.5) is 0 Å². The molecule has 2 aliphatic heterocycles. The molecule has 2 fully saturated rings. The van der Waals surface area contributed by atoms with Crippen molar-refractivity contribution in [3.05, 3.63) is 30.1 Å². The summed E-state index contributed by atoms with van der Waals surface area (Å²) < 4.78 is 0. The number of nitrogens with zero attached hydrogens (tertiary/aromatic N) is 2. The molecule has 0 aliphatic carbocycles. The molecule has 0 radical (unpaired) electrons. The second kappa shape index (κ2) is 4.31. The van der Waals surface area contributed by atoms with Gasteiger partial charge in [-0.1, -0.05) is 0 Å². The summed E-state index contributed by atoms with van der Waals surface area (Å²) >= 11 is 0. The van der Waals surface area contributed by atoms with E-state index >= 15 is 0 Å². The highest BCUT2D eigenvalue weighted by molar-refractivity contribution is 5.97. The van der Waals surface area contributed by atoms with Crippen molar-refractivity contribution in [2.45, 2.75) is 25.4 Å². The minimum Gasteiger partial charge on any atom is -0.345 e. The van der Waals surface area contributed by atoms with E-state index in [1.54, 1.807) is 6.33 Å². The highest BCUT2D eigenvalue weighted by Crippen LogP contribution is 2.33. The Balaban J connectivity index is 1.68. The van der Waals surface area contributed by atoms with Crippen molar-refractivity contribution in [1.29, 1.82) is 0 Å². The number of fused-ring (bicyclic) bond motifs is 2. The first kappa shape index (κ1) is 11.9. The minimum absolute atomic E-state index is 0.144. The average molecular weight is 270 g/mol. The zero-order chi connectivity index (χ0) is 13.7. The van der Waals surface area contributed by atoms with Crippen molar-refractivity contribution in [3.63, 3.8) is 0 Å². The molecule has 0 bridgehead atoms. The number of imidazole rings is 1. The number of likely N-dealkylation sites (tertiary alicyclic amines) is 1. The Kier molecular flexibility index (Phi) is 2.57. The number of nitrogens with one attached hydrogen (secondary N) is 2. The fourth-order valence-electron chi connectivity index (χ4n) is 3.73. The van der Waals surface area contributed by atoms with Gasteiger partial charge in [-0.3, -0.25) is 4.79 Å². The van der Waals surface area contributed by atoms with E-state index in [-0.39, 0.29) is 5.91 Å². The zero-order valence-electron chi connectivity index (χ0n) is 11.5. The number of carbonyl (C=O) groups excluding carboxylic acids is 1. The van der Waals surface area contributed by atoms with Crippen molar-refractivity contribution >= 4 is 16.9 Å². The van der Waals surface area contributed by atoms with E-state index in [2.05, 4.69) is 27.1 Å². The van der Waals surface area contributed by atoms with Crippen molar-refractivity contribution in [1.82, 2.24) is 20.2 Å². The fraction of sp³-hybridized carbons (Fsp3) is 0.467. The van der Waals surface area contributed by atoms with Gasteiger partial charge in [0.05, 0.1) is 17.4 Å². The molecule has 4 rings (SSSR count). The molecule has 3 atom stereocenters. The second-order valence-corrected chi connectivity index (χ2v) is 5.92. The van der Waals surface area contributed by atoms with Crippen LogP contribution in [0.2, 0.25) is 0 Å². The van der Waals surface area contributed by atoms with Crippen LogP contribution >= 0.6 is 0 Å². The van der Waals surface area contributed by atoms with Crippen LogP contribution in [0.15, 0.2) is 24.5 Å². The number of amides is 1. The molecule has 0 saturated carbocycles. The van der Waals surface area contributed by atoms with Gasteiger partial charge in [0.25, 0.3) is 5.91 Å². The first-order valence-corrected chi connectivity index (χ1v) is 7.20. The van der Waals surface area contributed by atoms with Crippen LogP contribution in [-0.2, 0) is 0 Å². The van der Waals surface area contributed by atoms with Crippen LogP contribution in [0.5, 0.6) is 0 Å². The lowest BCUT2D eigenvalue weighted by Crippen LogP contribution is -2.42. The molecule has 2 saturated heterocycles. The number of hydrogen-bond acceptors (Lipinski definition) is 3. The predicted molar refractivity (Wildman–Crippen MR) is 76.5 cm³/mol. The third kappa shape index (κ3) is 1.66. The Hall–Kier alpha value is -1.88. The van der Waals surface area contributed by atoms with E-state index in [0.717, 1.165) is 36.1 Å². The Bertz CT molecular complexity index is 665. The highest BCUT2D eigenvalue weighted by Gasteiger charge is 2.44. The Labute approximate surface area is 117 Å². The topological polar surface area (TPSA) is 61.0 Å². The minimum atomic E-state index is 0.144. The molecule has 5 heteroatoms. The van der Waals surface area contributed by atoms with Gasteiger partial charge in [0.15, 0.2) is 0 Å². The third-order valence-electron chi connectivity index (χ3n) is 4.68. The number of carbonyl (C=O) groups is 1. The molecule has 20 heavy (non-hydrogen) atoms. The van der Waals surface area contributed by atoms with Crippen molar-refractivity contribution < 1.29 is 4.79 Å². The Morgan fingerprint density at radius 2 is 2.30 bits per heavy atom. The molecular formula is C15H18N4O. The Morgan fingerprint density at radius 1 is 1.40 bits per heavy atom. The van der Waals surface area contributed by atoms with Gasteiger partial charge in [-0.15, -0.1) is 0 Å². The Morgan fingerprint density at radius 3 is 3.20 bits per heavy atom. The van der Waals surface area contributed by atoms with E-state index < -0.39 is 0 Å². The van der Waals surface area contributed by atoms with E-state index in [9.17, 15) is 4.79 Å². The number of H-pyrrole nitrogens is 1. The molecule has 1 amide bonds. The SMILES string of the molecule is CC1CC2CNCC2N1C(=O)c1ccc2nc[nH]c2c1. The van der Waals surface area contributed by atoms with Crippen LogP contribution in [0, 0.1) is 5.92 Å². The number of aromatic amines is 1. The summed E-state index contributed by atoms with van der Waals surface area (Å²) in [6.07, 6.45) is 2.77. The summed E-state index contributed by atoms with van der Waals surface area (Å²) in [7, 11) is 0. The van der Waals surface area contributed by atoms with Crippen LogP contribution in [0.25, 0.3) is 11.0 Å². The highest BCUT2D eigenvalue weighted by atomic mass is 16.2. The van der Waals surface area contributed by atoms with Crippen molar-refractivity contribution in [3.8, 4) is 0 Å². The van der Waals surface area contributed by atoms with Gasteiger partial charge >= 0.3 is 0 Å². The predicted octanol–water partition coefficient (Wildman–Crippen LogP) is 1.39. The normalized spacial score (nSPS) is 29.1. The van der Waals surface area contributed by atoms with Gasteiger partial charge in [0.2, 0.25) is 0 Å². The monoisotopic (exact) mass is 270 g/mol. The van der Waals surface area contributed by atoms with Crippen LogP contribution in [0.1, 0.15) is 23.7 Å². The maximum Gasteiger partial charge on any atom is 0.254 e. The number of aromatic nitrogens is 2. The molecule has 2 N–H and O–H groups in total. The van der Waals surface area contributed by atoms with Gasteiger partial charge in [-0.05, 0) is 37.5 Å². The van der Waals surface area contributed by atoms with E-state index in [1.807, 2.05) is 18.2 Å². The van der Waals surface area contributed by atoms with Gasteiger partial charge in [0.1, 0.15) is 0 Å². The molecule has 1 aromatic heterocycles. The largest absolute Gasteiger partial charge is 0.345 e. The average Bonchev–Trinajstić information content (AvgIpc) is 3.11. The standard InChI is InChI=1S/C15H18N4O/c1-9-4-11-6-16-7-14(11)19(9)15(20)10-2-3-12-13(5-10)18-8-17-12/h2-3,5,8-9,11,14,16H,4,6-7H2,1H3,(H,17,18). The van der Waals surface area contributed by atoms with E-state index in [4.69, 9.17) is 0 Å². The van der Waals surface area contributed by atoms with Crippen LogP contribution in [-0.4, -0.2) is 45.9 Å². The third-order valence-corrected chi connectivity index (χ3v) is 4.68. The molecule has 3 unspecified atom stereocenters. The van der Waals surface area contributed by atoms with Gasteiger partial charge < -0.3 is 15.2 Å². The summed E-state index contributed by atoms with van der Waals surface area (Å²) in [4.78, 5) is 22.2. The lowest BCUT2D eigenvalue weighted by atomic mass is 10.0. The summed E-state index contributed by atoms with van der Waals surface area (Å²) in [6, 6.07) is 6.39. The van der Waals surface area contributed by atoms with Gasteiger partial charge in [0, 0.05) is 30.7 Å². The quantitative estimate of drug-likeness (QED) is 0.823. The molecule has 3 heterocycles. The fourth-order valence-corrected chi connectivity index (χ4v) is 3.73. The first-order chi connectivity index (χ1) is 9.74. The summed E-state index contributed by atoms with van der Waals surface area (Å²) in [5, 5.41) is 3.40. The second-order valence-electron chi connectivity index (χ2n) is 5.92. The molecular weight excluding hydrogens is 252 g/mol. The van der Waals surface area contributed by atoms with Gasteiger partial charge in [-0.25, -0.2) is 4.98 Å².